The van der Waals surface area contributed by atoms with Crippen LogP contribution in [0.4, 0.5) is 5.69 Å². The molecule has 0 saturated carbocycles. The molecule has 1 heterocycles. The molecule has 1 aromatic heterocycles. The fraction of sp³-hybridized carbons (Fsp3) is 0.0588. The van der Waals surface area contributed by atoms with Gasteiger partial charge in [0.05, 0.1) is 5.56 Å². The zero-order valence-electron chi connectivity index (χ0n) is 11.8. The Morgan fingerprint density at radius 1 is 1.14 bits per heavy atom. The van der Waals surface area contributed by atoms with Gasteiger partial charge in [-0.15, -0.1) is 0 Å². The number of hydrogen-bond donors (Lipinski definition) is 2. The van der Waals surface area contributed by atoms with E-state index >= 15 is 0 Å². The number of aromatic amines is 1. The number of ketones is 1. The molecule has 3 aromatic rings. The van der Waals surface area contributed by atoms with Crippen LogP contribution in [-0.4, -0.2) is 16.7 Å². The van der Waals surface area contributed by atoms with Crippen molar-refractivity contribution in [1.29, 1.82) is 0 Å². The Bertz CT molecular complexity index is 883. The first-order valence-corrected chi connectivity index (χ1v) is 7.53. The van der Waals surface area contributed by atoms with E-state index in [0.29, 0.717) is 11.3 Å². The molecule has 110 valence electrons. The highest BCUT2D eigenvalue weighted by molar-refractivity contribution is 9.10. The van der Waals surface area contributed by atoms with Crippen molar-refractivity contribution < 1.29 is 9.59 Å². The van der Waals surface area contributed by atoms with Crippen molar-refractivity contribution >= 4 is 44.2 Å². The Kier molecular flexibility index (Phi) is 3.81. The Morgan fingerprint density at radius 2 is 1.91 bits per heavy atom. The lowest BCUT2D eigenvalue weighted by Gasteiger charge is -2.06. The third kappa shape index (κ3) is 2.67. The molecule has 0 aliphatic heterocycles. The average Bonchev–Trinajstić information content (AvgIpc) is 2.94. The van der Waals surface area contributed by atoms with Crippen molar-refractivity contribution in [3.8, 4) is 0 Å². The molecule has 2 aromatic carbocycles. The molecule has 2 N–H and O–H groups in total. The second kappa shape index (κ2) is 5.77. The lowest BCUT2D eigenvalue weighted by molar-refractivity contribution is -0.112. The van der Waals surface area contributed by atoms with E-state index in [0.717, 1.165) is 20.9 Å². The molecule has 22 heavy (non-hydrogen) atoms. The Morgan fingerprint density at radius 3 is 2.68 bits per heavy atom. The molecule has 0 atom stereocenters. The number of aromatic nitrogens is 1. The number of halogens is 1. The van der Waals surface area contributed by atoms with Crippen molar-refractivity contribution in [3.63, 3.8) is 0 Å². The van der Waals surface area contributed by atoms with Crippen LogP contribution < -0.4 is 5.32 Å². The van der Waals surface area contributed by atoms with Crippen LogP contribution in [0.1, 0.15) is 15.9 Å². The molecule has 0 saturated heterocycles. The predicted octanol–water partition coefficient (Wildman–Crippen LogP) is 4.06. The lowest BCUT2D eigenvalue weighted by atomic mass is 10.1. The Hall–Kier alpha value is -2.40. The number of fused-ring (bicyclic) bond motifs is 1. The van der Waals surface area contributed by atoms with Crippen molar-refractivity contribution in [1.82, 2.24) is 4.98 Å². The standard InChI is InChI=1S/C17H13BrN2O2/c1-10-6-7-11(8-14(10)18)20-17(22)16(21)13-9-19-15-5-3-2-4-12(13)15/h2-9,19H,1H3,(H,20,22). The fourth-order valence-corrected chi connectivity index (χ4v) is 2.62. The number of rotatable bonds is 3. The highest BCUT2D eigenvalue weighted by Crippen LogP contribution is 2.22. The zero-order chi connectivity index (χ0) is 15.7. The smallest absolute Gasteiger partial charge is 0.296 e. The van der Waals surface area contributed by atoms with Gasteiger partial charge in [-0.05, 0) is 30.7 Å². The van der Waals surface area contributed by atoms with E-state index in [1.165, 1.54) is 0 Å². The Balaban J connectivity index is 1.85. The normalized spacial score (nSPS) is 10.6. The van der Waals surface area contributed by atoms with E-state index in [2.05, 4.69) is 26.2 Å². The van der Waals surface area contributed by atoms with Crippen molar-refractivity contribution in [2.45, 2.75) is 6.92 Å². The average molecular weight is 357 g/mol. The van der Waals surface area contributed by atoms with Crippen molar-refractivity contribution in [2.24, 2.45) is 0 Å². The Labute approximate surface area is 135 Å². The van der Waals surface area contributed by atoms with E-state index in [4.69, 9.17) is 0 Å². The van der Waals surface area contributed by atoms with Crippen molar-refractivity contribution in [2.75, 3.05) is 5.32 Å². The maximum atomic E-state index is 12.3. The van der Waals surface area contributed by atoms with Gasteiger partial charge in [0.1, 0.15) is 0 Å². The van der Waals surface area contributed by atoms with Crippen LogP contribution in [-0.2, 0) is 4.79 Å². The number of amides is 1. The van der Waals surface area contributed by atoms with Gasteiger partial charge in [-0.25, -0.2) is 0 Å². The van der Waals surface area contributed by atoms with Gasteiger partial charge in [-0.1, -0.05) is 40.2 Å². The van der Waals surface area contributed by atoms with Crippen LogP contribution in [0, 0.1) is 6.92 Å². The number of H-pyrrole nitrogens is 1. The maximum Gasteiger partial charge on any atom is 0.296 e. The van der Waals surface area contributed by atoms with E-state index < -0.39 is 11.7 Å². The number of hydrogen-bond acceptors (Lipinski definition) is 2. The van der Waals surface area contributed by atoms with Crippen LogP contribution in [0.5, 0.6) is 0 Å². The summed E-state index contributed by atoms with van der Waals surface area (Å²) in [6.07, 6.45) is 1.57. The van der Waals surface area contributed by atoms with Gasteiger partial charge in [-0.3, -0.25) is 9.59 Å². The molecular formula is C17H13BrN2O2. The number of anilines is 1. The summed E-state index contributed by atoms with van der Waals surface area (Å²) in [5, 5.41) is 3.37. The van der Waals surface area contributed by atoms with Gasteiger partial charge in [0.15, 0.2) is 0 Å². The summed E-state index contributed by atoms with van der Waals surface area (Å²) in [5.74, 6) is -1.21. The molecule has 5 heteroatoms. The summed E-state index contributed by atoms with van der Waals surface area (Å²) in [5.41, 5.74) is 2.84. The largest absolute Gasteiger partial charge is 0.360 e. The van der Waals surface area contributed by atoms with Crippen LogP contribution in [0.15, 0.2) is 53.1 Å². The summed E-state index contributed by atoms with van der Waals surface area (Å²) in [6.45, 7) is 1.95. The topological polar surface area (TPSA) is 62.0 Å². The van der Waals surface area contributed by atoms with Crippen molar-refractivity contribution in [3.05, 3.63) is 64.3 Å². The van der Waals surface area contributed by atoms with Gasteiger partial charge < -0.3 is 10.3 Å². The molecule has 0 aliphatic rings. The van der Waals surface area contributed by atoms with Gasteiger partial charge in [0.2, 0.25) is 0 Å². The molecule has 1 amide bonds. The van der Waals surface area contributed by atoms with E-state index in [-0.39, 0.29) is 0 Å². The molecule has 0 spiro atoms. The van der Waals surface area contributed by atoms with Crippen LogP contribution >= 0.6 is 15.9 Å². The number of benzene rings is 2. The van der Waals surface area contributed by atoms with E-state index in [1.54, 1.807) is 18.3 Å². The monoisotopic (exact) mass is 356 g/mol. The molecule has 0 radical (unpaired) electrons. The first kappa shape index (κ1) is 14.5. The van der Waals surface area contributed by atoms with E-state index in [9.17, 15) is 9.59 Å². The number of Topliss-reactive ketones (excluding diaryl/α,β-unsaturated/α-hetero) is 1. The van der Waals surface area contributed by atoms with Gasteiger partial charge >= 0.3 is 0 Å². The SMILES string of the molecule is Cc1ccc(NC(=O)C(=O)c2c[nH]c3ccccc23)cc1Br. The highest BCUT2D eigenvalue weighted by atomic mass is 79.9. The first-order valence-electron chi connectivity index (χ1n) is 6.74. The molecule has 0 aliphatic carbocycles. The minimum absolute atomic E-state index is 0.374. The summed E-state index contributed by atoms with van der Waals surface area (Å²) in [6, 6.07) is 12.8. The van der Waals surface area contributed by atoms with Crippen LogP contribution in [0.25, 0.3) is 10.9 Å². The van der Waals surface area contributed by atoms with Crippen LogP contribution in [0.2, 0.25) is 0 Å². The minimum atomic E-state index is -0.652. The van der Waals surface area contributed by atoms with E-state index in [1.807, 2.05) is 37.3 Å². The second-order valence-corrected chi connectivity index (χ2v) is 5.85. The highest BCUT2D eigenvalue weighted by Gasteiger charge is 2.20. The summed E-state index contributed by atoms with van der Waals surface area (Å²) in [7, 11) is 0. The minimum Gasteiger partial charge on any atom is -0.360 e. The number of nitrogens with one attached hydrogen (secondary N) is 2. The molecule has 0 fully saturated rings. The molecule has 0 bridgehead atoms. The first-order chi connectivity index (χ1) is 10.6. The van der Waals surface area contributed by atoms with Gasteiger partial charge in [-0.2, -0.15) is 0 Å². The lowest BCUT2D eigenvalue weighted by Crippen LogP contribution is -2.22. The van der Waals surface area contributed by atoms with Gasteiger partial charge in [0.25, 0.3) is 11.7 Å². The molecule has 4 nitrogen and oxygen atoms in total. The van der Waals surface area contributed by atoms with Gasteiger partial charge in [0, 0.05) is 27.3 Å². The number of aryl methyl sites for hydroxylation is 1. The fourth-order valence-electron chi connectivity index (χ4n) is 2.24. The number of carbonyl (C=O) groups is 2. The molecule has 3 rings (SSSR count). The predicted molar refractivity (Wildman–Crippen MR) is 90.1 cm³/mol. The third-order valence-corrected chi connectivity index (χ3v) is 4.32. The maximum absolute atomic E-state index is 12.3. The number of para-hydroxylation sites is 1. The third-order valence-electron chi connectivity index (χ3n) is 3.47. The number of carbonyl (C=O) groups excluding carboxylic acids is 2. The zero-order valence-corrected chi connectivity index (χ0v) is 13.4. The summed E-state index contributed by atoms with van der Waals surface area (Å²) in [4.78, 5) is 27.5. The molecule has 0 unspecified atom stereocenters. The molecular weight excluding hydrogens is 344 g/mol. The quantitative estimate of drug-likeness (QED) is 0.549. The second-order valence-electron chi connectivity index (χ2n) is 5.00. The summed E-state index contributed by atoms with van der Waals surface area (Å²) < 4.78 is 0.879. The van der Waals surface area contributed by atoms with Crippen LogP contribution in [0.3, 0.4) is 0 Å². The summed E-state index contributed by atoms with van der Waals surface area (Å²) >= 11 is 3.40.